The van der Waals surface area contributed by atoms with Gasteiger partial charge in [-0.1, -0.05) is 19.1 Å². The highest BCUT2D eigenvalue weighted by Crippen LogP contribution is 2.14. The van der Waals surface area contributed by atoms with Crippen LogP contribution < -0.4 is 5.01 Å². The van der Waals surface area contributed by atoms with Crippen LogP contribution in [0, 0.1) is 5.41 Å². The summed E-state index contributed by atoms with van der Waals surface area (Å²) < 4.78 is 0. The van der Waals surface area contributed by atoms with Gasteiger partial charge < -0.3 is 0 Å². The van der Waals surface area contributed by atoms with Crippen molar-refractivity contribution in [3.8, 4) is 0 Å². The zero-order chi connectivity index (χ0) is 10.4. The van der Waals surface area contributed by atoms with Crippen molar-refractivity contribution in [2.75, 3.05) is 5.01 Å². The molecule has 0 amide bonds. The highest BCUT2D eigenvalue weighted by molar-refractivity contribution is 5.78. The molecule has 0 aliphatic carbocycles. The van der Waals surface area contributed by atoms with Gasteiger partial charge in [0.25, 0.3) is 0 Å². The third-order valence-corrected chi connectivity index (χ3v) is 1.97. The average Bonchev–Trinajstić information content (AvgIpc) is 2.26. The van der Waals surface area contributed by atoms with E-state index in [1.807, 2.05) is 19.1 Å². The van der Waals surface area contributed by atoms with Gasteiger partial charge in [-0.25, -0.2) is 5.01 Å². The number of benzene rings is 1. The number of aryl methyl sites for hydroxylation is 1. The van der Waals surface area contributed by atoms with Gasteiger partial charge in [0.2, 0.25) is 0 Å². The van der Waals surface area contributed by atoms with E-state index in [1.54, 1.807) is 6.21 Å². The first-order valence-electron chi connectivity index (χ1n) is 4.69. The van der Waals surface area contributed by atoms with Crippen LogP contribution in [-0.4, -0.2) is 12.6 Å². The molecule has 1 N–H and O–H groups in total. The highest BCUT2D eigenvalue weighted by Gasteiger charge is 1.99. The molecule has 0 heterocycles. The number of nitrogens with one attached hydrogen (secondary N) is 1. The summed E-state index contributed by atoms with van der Waals surface area (Å²) in [7, 11) is 0. The summed E-state index contributed by atoms with van der Waals surface area (Å²) in [5.74, 6) is 0. The van der Waals surface area contributed by atoms with Gasteiger partial charge in [-0.2, -0.15) is 5.10 Å². The van der Waals surface area contributed by atoms with Crippen molar-refractivity contribution in [1.29, 1.82) is 5.41 Å². The predicted octanol–water partition coefficient (Wildman–Crippen LogP) is 2.67. The number of anilines is 1. The summed E-state index contributed by atoms with van der Waals surface area (Å²) in [4.78, 5) is 0. The first-order chi connectivity index (χ1) is 6.81. The highest BCUT2D eigenvalue weighted by atomic mass is 15.4. The predicted molar refractivity (Wildman–Crippen MR) is 61.2 cm³/mol. The van der Waals surface area contributed by atoms with Crippen molar-refractivity contribution in [2.45, 2.75) is 20.3 Å². The molecule has 0 saturated carbocycles. The average molecular weight is 189 g/mol. The topological polar surface area (TPSA) is 39.5 Å². The fourth-order valence-corrected chi connectivity index (χ4v) is 1.18. The maximum Gasteiger partial charge on any atom is 0.109 e. The van der Waals surface area contributed by atoms with Crippen LogP contribution in [-0.2, 0) is 6.42 Å². The van der Waals surface area contributed by atoms with Gasteiger partial charge in [0.1, 0.15) is 6.34 Å². The molecule has 1 aromatic carbocycles. The molecule has 0 atom stereocenters. The van der Waals surface area contributed by atoms with E-state index in [1.165, 1.54) is 16.9 Å². The zero-order valence-electron chi connectivity index (χ0n) is 8.57. The number of hydrogen-bond donors (Lipinski definition) is 1. The monoisotopic (exact) mass is 189 g/mol. The van der Waals surface area contributed by atoms with E-state index in [-0.39, 0.29) is 0 Å². The standard InChI is InChI=1S/C11H15N3/c1-3-10-5-7-11(8-6-10)14(9-12)13-4-2/h4-9,12H,3H2,1-2H3/b12-9?,13-4-. The van der Waals surface area contributed by atoms with Crippen LogP contribution in [0.1, 0.15) is 19.4 Å². The van der Waals surface area contributed by atoms with Crippen molar-refractivity contribution in [2.24, 2.45) is 5.10 Å². The zero-order valence-corrected chi connectivity index (χ0v) is 8.57. The second-order valence-electron chi connectivity index (χ2n) is 2.87. The lowest BCUT2D eigenvalue weighted by atomic mass is 10.1. The number of rotatable bonds is 4. The third kappa shape index (κ3) is 2.42. The number of hydrogen-bond acceptors (Lipinski definition) is 2. The maximum absolute atomic E-state index is 7.19. The lowest BCUT2D eigenvalue weighted by molar-refractivity contribution is 1.11. The minimum Gasteiger partial charge on any atom is -0.289 e. The number of nitrogens with zero attached hydrogens (tertiary/aromatic N) is 2. The molecule has 0 saturated heterocycles. The molecular formula is C11H15N3. The third-order valence-electron chi connectivity index (χ3n) is 1.97. The molecule has 1 aromatic rings. The van der Waals surface area contributed by atoms with Gasteiger partial charge in [-0.05, 0) is 31.0 Å². The van der Waals surface area contributed by atoms with Crippen LogP contribution >= 0.6 is 0 Å². The van der Waals surface area contributed by atoms with Crippen LogP contribution in [0.5, 0.6) is 0 Å². The van der Waals surface area contributed by atoms with Gasteiger partial charge in [-0.15, -0.1) is 0 Å². The summed E-state index contributed by atoms with van der Waals surface area (Å²) >= 11 is 0. The van der Waals surface area contributed by atoms with Crippen LogP contribution in [0.25, 0.3) is 0 Å². The van der Waals surface area contributed by atoms with Crippen LogP contribution in [0.4, 0.5) is 5.69 Å². The molecule has 3 heteroatoms. The van der Waals surface area contributed by atoms with E-state index in [4.69, 9.17) is 5.41 Å². The van der Waals surface area contributed by atoms with Gasteiger partial charge >= 0.3 is 0 Å². The van der Waals surface area contributed by atoms with Gasteiger partial charge in [0, 0.05) is 6.21 Å². The van der Waals surface area contributed by atoms with E-state index in [2.05, 4.69) is 24.2 Å². The summed E-state index contributed by atoms with van der Waals surface area (Å²) in [6.45, 7) is 3.95. The summed E-state index contributed by atoms with van der Waals surface area (Å²) in [6, 6.07) is 8.04. The van der Waals surface area contributed by atoms with Crippen molar-refractivity contribution < 1.29 is 0 Å². The molecule has 0 fully saturated rings. The van der Waals surface area contributed by atoms with Crippen LogP contribution in [0.3, 0.4) is 0 Å². The second kappa shape index (κ2) is 5.17. The Balaban J connectivity index is 2.88. The van der Waals surface area contributed by atoms with Gasteiger partial charge in [0.15, 0.2) is 0 Å². The molecule has 0 aliphatic heterocycles. The molecule has 0 aromatic heterocycles. The lowest BCUT2D eigenvalue weighted by Crippen LogP contribution is -2.12. The Morgan fingerprint density at radius 2 is 2.00 bits per heavy atom. The van der Waals surface area contributed by atoms with Gasteiger partial charge in [0.05, 0.1) is 5.69 Å². The van der Waals surface area contributed by atoms with Crippen molar-refractivity contribution >= 4 is 18.2 Å². The van der Waals surface area contributed by atoms with Crippen LogP contribution in [0.15, 0.2) is 29.4 Å². The van der Waals surface area contributed by atoms with E-state index in [9.17, 15) is 0 Å². The summed E-state index contributed by atoms with van der Waals surface area (Å²) in [5.41, 5.74) is 2.20. The molecular weight excluding hydrogens is 174 g/mol. The molecule has 74 valence electrons. The van der Waals surface area contributed by atoms with E-state index < -0.39 is 0 Å². The van der Waals surface area contributed by atoms with E-state index in [0.717, 1.165) is 12.1 Å². The SMILES string of the molecule is C/C=N\N(C=N)c1ccc(CC)cc1. The molecule has 0 bridgehead atoms. The fourth-order valence-electron chi connectivity index (χ4n) is 1.18. The Morgan fingerprint density at radius 3 is 2.43 bits per heavy atom. The van der Waals surface area contributed by atoms with Crippen LogP contribution in [0.2, 0.25) is 0 Å². The maximum atomic E-state index is 7.19. The lowest BCUT2D eigenvalue weighted by Gasteiger charge is -2.12. The summed E-state index contributed by atoms with van der Waals surface area (Å²) in [5, 5.41) is 12.7. The minimum absolute atomic E-state index is 0.912. The van der Waals surface area contributed by atoms with Crippen molar-refractivity contribution in [3.63, 3.8) is 0 Å². The van der Waals surface area contributed by atoms with E-state index >= 15 is 0 Å². The molecule has 3 nitrogen and oxygen atoms in total. The Kier molecular flexibility index (Phi) is 3.85. The number of hydrazone groups is 1. The quantitative estimate of drug-likeness (QED) is 0.441. The molecule has 1 rings (SSSR count). The smallest absolute Gasteiger partial charge is 0.109 e. The minimum atomic E-state index is 0.912. The molecule has 14 heavy (non-hydrogen) atoms. The Morgan fingerprint density at radius 1 is 1.36 bits per heavy atom. The molecule has 0 spiro atoms. The first kappa shape index (κ1) is 10.4. The Labute approximate surface area is 84.6 Å². The van der Waals surface area contributed by atoms with Gasteiger partial charge in [-0.3, -0.25) is 5.41 Å². The molecule has 0 unspecified atom stereocenters. The largest absolute Gasteiger partial charge is 0.289 e. The van der Waals surface area contributed by atoms with Crippen molar-refractivity contribution in [3.05, 3.63) is 29.8 Å². The fraction of sp³-hybridized carbons (Fsp3) is 0.273. The van der Waals surface area contributed by atoms with Crippen molar-refractivity contribution in [1.82, 2.24) is 0 Å². The normalized spacial score (nSPS) is 10.4. The second-order valence-corrected chi connectivity index (χ2v) is 2.87. The molecule has 0 radical (unpaired) electrons. The summed E-state index contributed by atoms with van der Waals surface area (Å²) in [6.07, 6.45) is 3.89. The molecule has 0 aliphatic rings. The van der Waals surface area contributed by atoms with E-state index in [0.29, 0.717) is 0 Å². The first-order valence-corrected chi connectivity index (χ1v) is 4.69. The Bertz CT molecular complexity index is 314. The Hall–Kier alpha value is -1.64.